The molecule has 4 nitrogen and oxygen atoms in total. The average Bonchev–Trinajstić information content (AvgIpc) is 2.30. The second-order valence-corrected chi connectivity index (χ2v) is 5.88. The summed E-state index contributed by atoms with van der Waals surface area (Å²) in [7, 11) is -0.791. The van der Waals surface area contributed by atoms with Gasteiger partial charge in [-0.3, -0.25) is 4.21 Å². The third-order valence-electron chi connectivity index (χ3n) is 2.71. The minimum Gasteiger partial charge on any atom is -0.478 e. The van der Waals surface area contributed by atoms with Gasteiger partial charge in [-0.05, 0) is 12.1 Å². The summed E-state index contributed by atoms with van der Waals surface area (Å²) < 4.78 is 11.3. The van der Waals surface area contributed by atoms with E-state index in [1.54, 1.807) is 12.1 Å². The molecule has 1 saturated heterocycles. The number of carboxylic acids is 1. The predicted octanol–water partition coefficient (Wildman–Crippen LogP) is 1.61. The van der Waals surface area contributed by atoms with E-state index in [1.807, 2.05) is 4.90 Å². The molecule has 92 valence electrons. The highest BCUT2D eigenvalue weighted by molar-refractivity contribution is 7.85. The van der Waals surface area contributed by atoms with Crippen molar-refractivity contribution in [2.45, 2.75) is 0 Å². The van der Waals surface area contributed by atoms with E-state index in [1.165, 1.54) is 6.07 Å². The number of benzene rings is 1. The molecule has 0 amide bonds. The Balaban J connectivity index is 2.36. The molecule has 17 heavy (non-hydrogen) atoms. The van der Waals surface area contributed by atoms with Crippen LogP contribution in [-0.4, -0.2) is 39.9 Å². The Labute approximate surface area is 107 Å². The zero-order chi connectivity index (χ0) is 12.4. The summed E-state index contributed by atoms with van der Waals surface area (Å²) in [4.78, 5) is 13.0. The molecule has 0 aliphatic carbocycles. The van der Waals surface area contributed by atoms with Gasteiger partial charge in [0.2, 0.25) is 0 Å². The van der Waals surface area contributed by atoms with Crippen molar-refractivity contribution in [3.05, 3.63) is 28.8 Å². The van der Waals surface area contributed by atoms with E-state index in [2.05, 4.69) is 0 Å². The van der Waals surface area contributed by atoms with Crippen LogP contribution in [0.25, 0.3) is 0 Å². The summed E-state index contributed by atoms with van der Waals surface area (Å²) in [6, 6.07) is 4.83. The summed E-state index contributed by atoms with van der Waals surface area (Å²) >= 11 is 6.06. The third kappa shape index (κ3) is 2.61. The van der Waals surface area contributed by atoms with Crippen LogP contribution in [0.15, 0.2) is 18.2 Å². The number of halogens is 1. The lowest BCUT2D eigenvalue weighted by Gasteiger charge is -2.30. The number of rotatable bonds is 2. The Kier molecular flexibility index (Phi) is 3.69. The zero-order valence-electron chi connectivity index (χ0n) is 9.06. The quantitative estimate of drug-likeness (QED) is 0.889. The lowest BCUT2D eigenvalue weighted by atomic mass is 10.1. The lowest BCUT2D eigenvalue weighted by Crippen LogP contribution is -2.38. The molecular weight excluding hydrogens is 262 g/mol. The molecule has 1 heterocycles. The molecule has 1 aromatic carbocycles. The van der Waals surface area contributed by atoms with Gasteiger partial charge in [-0.15, -0.1) is 0 Å². The number of carbonyl (C=O) groups is 1. The SMILES string of the molecule is O=C(O)c1cccc(Cl)c1N1CCS(=O)CC1. The van der Waals surface area contributed by atoms with Crippen molar-refractivity contribution in [1.82, 2.24) is 0 Å². The normalized spacial score (nSPS) is 17.1. The smallest absolute Gasteiger partial charge is 0.337 e. The molecule has 6 heteroatoms. The third-order valence-corrected chi connectivity index (χ3v) is 4.29. The fraction of sp³-hybridized carbons (Fsp3) is 0.364. The molecule has 1 N–H and O–H groups in total. The highest BCUT2D eigenvalue weighted by Crippen LogP contribution is 2.30. The Morgan fingerprint density at radius 3 is 2.59 bits per heavy atom. The van der Waals surface area contributed by atoms with Crippen molar-refractivity contribution in [2.24, 2.45) is 0 Å². The summed E-state index contributed by atoms with van der Waals surface area (Å²) in [6.45, 7) is 1.16. The van der Waals surface area contributed by atoms with Crippen LogP contribution in [0.2, 0.25) is 5.02 Å². The van der Waals surface area contributed by atoms with Crippen LogP contribution in [0.4, 0.5) is 5.69 Å². The maximum absolute atomic E-state index is 11.3. The van der Waals surface area contributed by atoms with E-state index in [-0.39, 0.29) is 5.56 Å². The van der Waals surface area contributed by atoms with Crippen LogP contribution in [0.5, 0.6) is 0 Å². The second-order valence-electron chi connectivity index (χ2n) is 3.78. The maximum atomic E-state index is 11.3. The first kappa shape index (κ1) is 12.4. The number of anilines is 1. The summed E-state index contributed by atoms with van der Waals surface area (Å²) in [6.07, 6.45) is 0. The van der Waals surface area contributed by atoms with Crippen molar-refractivity contribution >= 4 is 34.1 Å². The molecule has 0 unspecified atom stereocenters. The highest BCUT2D eigenvalue weighted by Gasteiger charge is 2.22. The van der Waals surface area contributed by atoms with Gasteiger partial charge in [0.1, 0.15) is 0 Å². The van der Waals surface area contributed by atoms with Crippen LogP contribution in [-0.2, 0) is 10.8 Å². The van der Waals surface area contributed by atoms with E-state index >= 15 is 0 Å². The highest BCUT2D eigenvalue weighted by atomic mass is 35.5. The molecule has 0 atom stereocenters. The average molecular weight is 274 g/mol. The van der Waals surface area contributed by atoms with Crippen molar-refractivity contribution in [1.29, 1.82) is 0 Å². The van der Waals surface area contributed by atoms with Gasteiger partial charge in [-0.2, -0.15) is 0 Å². The molecule has 0 bridgehead atoms. The van der Waals surface area contributed by atoms with E-state index in [0.29, 0.717) is 35.3 Å². The van der Waals surface area contributed by atoms with Crippen LogP contribution >= 0.6 is 11.6 Å². The van der Waals surface area contributed by atoms with Gasteiger partial charge in [-0.1, -0.05) is 17.7 Å². The fourth-order valence-electron chi connectivity index (χ4n) is 1.87. The lowest BCUT2D eigenvalue weighted by molar-refractivity contribution is 0.0697. The first-order valence-corrected chi connectivity index (χ1v) is 7.08. The molecule has 1 aliphatic rings. The fourth-order valence-corrected chi connectivity index (χ4v) is 3.22. The van der Waals surface area contributed by atoms with Crippen molar-refractivity contribution < 1.29 is 14.1 Å². The Hall–Kier alpha value is -1.07. The van der Waals surface area contributed by atoms with Crippen molar-refractivity contribution in [3.63, 3.8) is 0 Å². The maximum Gasteiger partial charge on any atom is 0.337 e. The van der Waals surface area contributed by atoms with Crippen LogP contribution < -0.4 is 4.90 Å². The molecule has 0 aromatic heterocycles. The van der Waals surface area contributed by atoms with E-state index in [0.717, 1.165) is 0 Å². The van der Waals surface area contributed by atoms with Gasteiger partial charge in [0.15, 0.2) is 0 Å². The molecule has 2 rings (SSSR count). The van der Waals surface area contributed by atoms with Crippen LogP contribution in [0.1, 0.15) is 10.4 Å². The molecule has 1 fully saturated rings. The number of para-hydroxylation sites is 1. The predicted molar refractivity (Wildman–Crippen MR) is 68.5 cm³/mol. The van der Waals surface area contributed by atoms with Gasteiger partial charge >= 0.3 is 5.97 Å². The van der Waals surface area contributed by atoms with E-state index < -0.39 is 16.8 Å². The van der Waals surface area contributed by atoms with Gasteiger partial charge in [0, 0.05) is 35.4 Å². The van der Waals surface area contributed by atoms with Crippen molar-refractivity contribution in [3.8, 4) is 0 Å². The molecule has 0 saturated carbocycles. The molecule has 0 radical (unpaired) electrons. The number of carboxylic acid groups (broad SMARTS) is 1. The summed E-state index contributed by atoms with van der Waals surface area (Å²) in [5.41, 5.74) is 0.739. The Morgan fingerprint density at radius 2 is 2.00 bits per heavy atom. The van der Waals surface area contributed by atoms with E-state index in [4.69, 9.17) is 16.7 Å². The first-order chi connectivity index (χ1) is 8.09. The molecular formula is C11H12ClNO3S. The minimum absolute atomic E-state index is 0.199. The minimum atomic E-state index is -0.991. The largest absolute Gasteiger partial charge is 0.478 e. The van der Waals surface area contributed by atoms with Crippen LogP contribution in [0, 0.1) is 0 Å². The van der Waals surface area contributed by atoms with E-state index in [9.17, 15) is 9.00 Å². The molecule has 1 aliphatic heterocycles. The Morgan fingerprint density at radius 1 is 1.35 bits per heavy atom. The number of nitrogens with zero attached hydrogens (tertiary/aromatic N) is 1. The molecule has 1 aromatic rings. The number of aromatic carboxylic acids is 1. The van der Waals surface area contributed by atoms with Gasteiger partial charge in [0.05, 0.1) is 16.3 Å². The summed E-state index contributed by atoms with van der Waals surface area (Å²) in [5, 5.41) is 9.56. The number of hydrogen-bond acceptors (Lipinski definition) is 3. The molecule has 0 spiro atoms. The van der Waals surface area contributed by atoms with Gasteiger partial charge in [-0.25, -0.2) is 4.79 Å². The second kappa shape index (κ2) is 5.06. The van der Waals surface area contributed by atoms with Crippen LogP contribution in [0.3, 0.4) is 0 Å². The van der Waals surface area contributed by atoms with Gasteiger partial charge < -0.3 is 10.0 Å². The van der Waals surface area contributed by atoms with Gasteiger partial charge in [0.25, 0.3) is 0 Å². The monoisotopic (exact) mass is 273 g/mol. The standard InChI is InChI=1S/C11H12ClNO3S/c12-9-3-1-2-8(11(14)15)10(9)13-4-6-17(16)7-5-13/h1-3H,4-7H2,(H,14,15). The Bertz CT molecular complexity index is 468. The summed E-state index contributed by atoms with van der Waals surface area (Å²) in [5.74, 6) is 0.128. The number of hydrogen-bond donors (Lipinski definition) is 1. The topological polar surface area (TPSA) is 57.6 Å². The van der Waals surface area contributed by atoms with Crippen molar-refractivity contribution in [2.75, 3.05) is 29.5 Å². The first-order valence-electron chi connectivity index (χ1n) is 5.21. The zero-order valence-corrected chi connectivity index (χ0v) is 10.6.